The maximum Gasteiger partial charge on any atom is 0.272 e. The highest BCUT2D eigenvalue weighted by Crippen LogP contribution is 2.29. The van der Waals surface area contributed by atoms with Crippen LogP contribution in [0.3, 0.4) is 0 Å². The van der Waals surface area contributed by atoms with Crippen molar-refractivity contribution >= 4 is 11.8 Å². The summed E-state index contributed by atoms with van der Waals surface area (Å²) in [7, 11) is 0. The van der Waals surface area contributed by atoms with Gasteiger partial charge in [0.25, 0.3) is 5.91 Å². The number of rotatable bonds is 5. The van der Waals surface area contributed by atoms with Gasteiger partial charge in [-0.2, -0.15) is 0 Å². The molecule has 0 bridgehead atoms. The number of fused-ring (bicyclic) bond motifs is 1. The number of carbonyl (C=O) groups excluding carboxylic acids is 2. The topological polar surface area (TPSA) is 76.0 Å². The Kier molecular flexibility index (Phi) is 5.58. The van der Waals surface area contributed by atoms with Gasteiger partial charge in [-0.05, 0) is 55.7 Å². The highest BCUT2D eigenvalue weighted by molar-refractivity contribution is 5.98. The maximum absolute atomic E-state index is 13.8. The van der Waals surface area contributed by atoms with E-state index in [0.717, 1.165) is 43.5 Å². The number of hydrogen-bond donors (Lipinski definition) is 2. The van der Waals surface area contributed by atoms with Crippen LogP contribution in [0, 0.1) is 17.0 Å². The smallest absolute Gasteiger partial charge is 0.272 e. The minimum absolute atomic E-state index is 0.189. The summed E-state index contributed by atoms with van der Waals surface area (Å²) in [5.41, 5.74) is 0.934. The van der Waals surface area contributed by atoms with Crippen molar-refractivity contribution in [1.82, 2.24) is 20.2 Å². The molecule has 1 aliphatic heterocycles. The lowest BCUT2D eigenvalue weighted by molar-refractivity contribution is -0.125. The fourth-order valence-corrected chi connectivity index (χ4v) is 3.97. The standard InChI is InChI=1S/C23H28F2N4O2/c1-23(2,3)19(22(31)26-14-8-9-14)28-21(30)18-17-6-4-5-11-29(17)20(27-18)13-7-10-15(24)16(25)12-13/h7,10,12,14,19H,4-6,8-9,11H2,1-3H3,(H,26,31)(H,28,30)/t19-/m1/s1. The van der Waals surface area contributed by atoms with E-state index < -0.39 is 29.0 Å². The number of amides is 2. The van der Waals surface area contributed by atoms with Gasteiger partial charge in [0.2, 0.25) is 5.91 Å². The number of carbonyl (C=O) groups is 2. The summed E-state index contributed by atoms with van der Waals surface area (Å²) < 4.78 is 29.1. The normalized spacial score (nSPS) is 17.1. The largest absolute Gasteiger partial charge is 0.352 e. The van der Waals surface area contributed by atoms with Gasteiger partial charge in [0.05, 0.1) is 5.69 Å². The van der Waals surface area contributed by atoms with Crippen LogP contribution in [0.2, 0.25) is 0 Å². The van der Waals surface area contributed by atoms with E-state index in [-0.39, 0.29) is 17.6 Å². The molecule has 1 aromatic carbocycles. The second-order valence-corrected chi connectivity index (χ2v) is 9.52. The summed E-state index contributed by atoms with van der Waals surface area (Å²) in [4.78, 5) is 30.5. The fourth-order valence-electron chi connectivity index (χ4n) is 3.97. The number of nitrogens with zero attached hydrogens (tertiary/aromatic N) is 2. The summed E-state index contributed by atoms with van der Waals surface area (Å²) in [5.74, 6) is -2.07. The Bertz CT molecular complexity index is 1020. The third kappa shape index (κ3) is 4.48. The Morgan fingerprint density at radius 1 is 1.16 bits per heavy atom. The highest BCUT2D eigenvalue weighted by Gasteiger charge is 2.37. The molecule has 2 aromatic rings. The van der Waals surface area contributed by atoms with Gasteiger partial charge < -0.3 is 15.2 Å². The van der Waals surface area contributed by atoms with Crippen LogP contribution in [0.25, 0.3) is 11.4 Å². The molecule has 6 nitrogen and oxygen atoms in total. The number of hydrogen-bond acceptors (Lipinski definition) is 3. The Balaban J connectivity index is 1.66. The van der Waals surface area contributed by atoms with E-state index in [2.05, 4.69) is 15.6 Å². The third-order valence-corrected chi connectivity index (χ3v) is 5.84. The van der Waals surface area contributed by atoms with E-state index in [1.807, 2.05) is 25.3 Å². The molecular formula is C23H28F2N4O2. The van der Waals surface area contributed by atoms with Crippen molar-refractivity contribution in [3.8, 4) is 11.4 Å². The Morgan fingerprint density at radius 2 is 1.90 bits per heavy atom. The zero-order valence-electron chi connectivity index (χ0n) is 18.1. The summed E-state index contributed by atoms with van der Waals surface area (Å²) in [5, 5.41) is 5.85. The molecule has 1 fully saturated rings. The first-order valence-corrected chi connectivity index (χ1v) is 10.8. The molecule has 0 radical (unpaired) electrons. The molecule has 8 heteroatoms. The molecule has 0 saturated heterocycles. The lowest BCUT2D eigenvalue weighted by atomic mass is 9.86. The van der Waals surface area contributed by atoms with Crippen molar-refractivity contribution in [2.45, 2.75) is 71.5 Å². The molecule has 0 unspecified atom stereocenters. The molecule has 2 aliphatic rings. The number of imidazole rings is 1. The molecule has 1 aromatic heterocycles. The summed E-state index contributed by atoms with van der Waals surface area (Å²) >= 11 is 0. The number of nitrogens with one attached hydrogen (secondary N) is 2. The second kappa shape index (κ2) is 8.05. The second-order valence-electron chi connectivity index (χ2n) is 9.52. The predicted octanol–water partition coefficient (Wildman–Crippen LogP) is 3.59. The molecular weight excluding hydrogens is 402 g/mol. The van der Waals surface area contributed by atoms with Crippen molar-refractivity contribution in [2.75, 3.05) is 0 Å². The average Bonchev–Trinajstić information content (AvgIpc) is 3.44. The molecule has 4 rings (SSSR count). The SMILES string of the molecule is CC(C)(C)[C@H](NC(=O)c1nc(-c2ccc(F)c(F)c2)n2c1CCCC2)C(=O)NC1CC1. The first-order valence-electron chi connectivity index (χ1n) is 10.8. The van der Waals surface area contributed by atoms with Crippen molar-refractivity contribution < 1.29 is 18.4 Å². The van der Waals surface area contributed by atoms with Crippen LogP contribution >= 0.6 is 0 Å². The van der Waals surface area contributed by atoms with E-state index in [4.69, 9.17) is 0 Å². The zero-order valence-corrected chi connectivity index (χ0v) is 18.1. The number of benzene rings is 1. The Hall–Kier alpha value is -2.77. The molecule has 1 saturated carbocycles. The van der Waals surface area contributed by atoms with E-state index >= 15 is 0 Å². The third-order valence-electron chi connectivity index (χ3n) is 5.84. The van der Waals surface area contributed by atoms with E-state index in [0.29, 0.717) is 24.4 Å². The molecule has 2 amide bonds. The van der Waals surface area contributed by atoms with Crippen LogP contribution in [0.15, 0.2) is 18.2 Å². The summed E-state index contributed by atoms with van der Waals surface area (Å²) in [6, 6.07) is 3.10. The predicted molar refractivity (Wildman–Crippen MR) is 112 cm³/mol. The van der Waals surface area contributed by atoms with Crippen molar-refractivity contribution in [2.24, 2.45) is 5.41 Å². The van der Waals surface area contributed by atoms with E-state index in [1.54, 1.807) is 0 Å². The van der Waals surface area contributed by atoms with Crippen LogP contribution in [0.5, 0.6) is 0 Å². The average molecular weight is 430 g/mol. The minimum Gasteiger partial charge on any atom is -0.352 e. The molecule has 31 heavy (non-hydrogen) atoms. The number of aromatic nitrogens is 2. The van der Waals surface area contributed by atoms with Crippen molar-refractivity contribution in [3.63, 3.8) is 0 Å². The van der Waals surface area contributed by atoms with Gasteiger partial charge in [0.1, 0.15) is 17.6 Å². The molecule has 2 heterocycles. The van der Waals surface area contributed by atoms with Gasteiger partial charge in [-0.1, -0.05) is 20.8 Å². The lowest BCUT2D eigenvalue weighted by Gasteiger charge is -2.30. The van der Waals surface area contributed by atoms with Crippen LogP contribution in [-0.4, -0.2) is 33.4 Å². The van der Waals surface area contributed by atoms with Gasteiger partial charge in [-0.15, -0.1) is 0 Å². The van der Waals surface area contributed by atoms with Gasteiger partial charge >= 0.3 is 0 Å². The van der Waals surface area contributed by atoms with Gasteiger partial charge in [-0.25, -0.2) is 13.8 Å². The molecule has 166 valence electrons. The van der Waals surface area contributed by atoms with Crippen LogP contribution in [0.1, 0.15) is 62.6 Å². The van der Waals surface area contributed by atoms with Crippen molar-refractivity contribution in [3.05, 3.63) is 41.2 Å². The highest BCUT2D eigenvalue weighted by atomic mass is 19.2. The van der Waals surface area contributed by atoms with Crippen LogP contribution in [0.4, 0.5) is 8.78 Å². The van der Waals surface area contributed by atoms with Crippen LogP contribution < -0.4 is 10.6 Å². The zero-order chi connectivity index (χ0) is 22.3. The van der Waals surface area contributed by atoms with Gasteiger partial charge in [0.15, 0.2) is 11.6 Å². The maximum atomic E-state index is 13.8. The monoisotopic (exact) mass is 430 g/mol. The van der Waals surface area contributed by atoms with E-state index in [1.165, 1.54) is 6.07 Å². The van der Waals surface area contributed by atoms with Gasteiger partial charge in [0, 0.05) is 18.2 Å². The quantitative estimate of drug-likeness (QED) is 0.761. The molecule has 2 N–H and O–H groups in total. The first kappa shape index (κ1) is 21.5. The van der Waals surface area contributed by atoms with Crippen molar-refractivity contribution in [1.29, 1.82) is 0 Å². The fraction of sp³-hybridized carbons (Fsp3) is 0.522. The molecule has 1 aliphatic carbocycles. The Morgan fingerprint density at radius 3 is 2.55 bits per heavy atom. The minimum atomic E-state index is -0.957. The first-order chi connectivity index (χ1) is 14.6. The van der Waals surface area contributed by atoms with Crippen LogP contribution in [-0.2, 0) is 17.8 Å². The van der Waals surface area contributed by atoms with Gasteiger partial charge in [-0.3, -0.25) is 9.59 Å². The lowest BCUT2D eigenvalue weighted by Crippen LogP contribution is -2.54. The Labute approximate surface area is 180 Å². The summed E-state index contributed by atoms with van der Waals surface area (Å²) in [6.07, 6.45) is 4.41. The summed E-state index contributed by atoms with van der Waals surface area (Å²) in [6.45, 7) is 6.36. The van der Waals surface area contributed by atoms with E-state index in [9.17, 15) is 18.4 Å². The number of halogens is 2. The molecule has 0 spiro atoms. The molecule has 1 atom stereocenters.